The van der Waals surface area contributed by atoms with Gasteiger partial charge in [-0.3, -0.25) is 9.69 Å². The molecule has 5 rings (SSSR count). The number of nitrogens with zero attached hydrogens (tertiary/aromatic N) is 6. The highest BCUT2D eigenvalue weighted by atomic mass is 19.1. The van der Waals surface area contributed by atoms with Crippen LogP contribution in [0.3, 0.4) is 0 Å². The highest BCUT2D eigenvalue weighted by molar-refractivity contribution is 6.09. The van der Waals surface area contributed by atoms with Gasteiger partial charge in [0.1, 0.15) is 5.82 Å². The van der Waals surface area contributed by atoms with Crippen molar-refractivity contribution in [2.45, 2.75) is 6.42 Å². The second kappa shape index (κ2) is 12.3. The number of nitrogens with one attached hydrogen (secondary N) is 2. The summed E-state index contributed by atoms with van der Waals surface area (Å²) in [5.41, 5.74) is 2.57. The molecule has 0 saturated heterocycles. The van der Waals surface area contributed by atoms with Gasteiger partial charge < -0.3 is 15.5 Å². The van der Waals surface area contributed by atoms with Crippen LogP contribution in [0.1, 0.15) is 5.56 Å². The summed E-state index contributed by atoms with van der Waals surface area (Å²) >= 11 is 0. The smallest absolute Gasteiger partial charge is 0.322 e. The number of carbonyl (C=O) groups is 2. The first kappa shape index (κ1) is 27.4. The number of para-hydroxylation sites is 1. The van der Waals surface area contributed by atoms with Gasteiger partial charge in [-0.1, -0.05) is 30.3 Å². The van der Waals surface area contributed by atoms with Crippen LogP contribution in [-0.2, 0) is 11.2 Å². The highest BCUT2D eigenvalue weighted by Crippen LogP contribution is 2.35. The number of anilines is 6. The van der Waals surface area contributed by atoms with Crippen LogP contribution < -0.4 is 20.4 Å². The maximum Gasteiger partial charge on any atom is 0.334 e. The second-order valence-corrected chi connectivity index (χ2v) is 9.57. The number of rotatable bonds is 8. The van der Waals surface area contributed by atoms with Crippen LogP contribution in [0, 0.1) is 5.95 Å². The number of carbonyl (C=O) groups excluding carboxylic acids is 2. The van der Waals surface area contributed by atoms with E-state index in [9.17, 15) is 14.0 Å². The summed E-state index contributed by atoms with van der Waals surface area (Å²) in [4.78, 5) is 44.5. The van der Waals surface area contributed by atoms with Gasteiger partial charge in [-0.05, 0) is 63.0 Å². The number of hydrogen-bond donors (Lipinski definition) is 2. The molecule has 11 heteroatoms. The number of pyridine rings is 1. The molecule has 3 heterocycles. The monoisotopic (exact) mass is 552 g/mol. The van der Waals surface area contributed by atoms with Crippen molar-refractivity contribution in [3.63, 3.8) is 0 Å². The van der Waals surface area contributed by atoms with Crippen LogP contribution in [0.15, 0.2) is 91.3 Å². The van der Waals surface area contributed by atoms with E-state index in [1.165, 1.54) is 23.2 Å². The molecule has 0 atom stereocenters. The summed E-state index contributed by atoms with van der Waals surface area (Å²) in [5, 5.41) is 5.71. The van der Waals surface area contributed by atoms with Crippen LogP contribution in [0.25, 0.3) is 0 Å². The third-order valence-electron chi connectivity index (χ3n) is 6.27. The van der Waals surface area contributed by atoms with Gasteiger partial charge in [0.05, 0.1) is 11.4 Å². The minimum Gasteiger partial charge on any atom is -0.322 e. The lowest BCUT2D eigenvalue weighted by Crippen LogP contribution is -2.40. The molecule has 2 N–H and O–H groups in total. The Hall–Kier alpha value is -5.16. The molecule has 0 fully saturated rings. The molecule has 10 nitrogen and oxygen atoms in total. The molecule has 3 amide bonds. The van der Waals surface area contributed by atoms with Gasteiger partial charge in [0.25, 0.3) is 0 Å². The van der Waals surface area contributed by atoms with Crippen molar-refractivity contribution >= 4 is 46.5 Å². The largest absolute Gasteiger partial charge is 0.334 e. The SMILES string of the molecule is CN(C)C/C=C/C(=O)Nc1cccc(N2C(=O)N(c3ccccc3)CCc3cnc(Nc4cccnc4F)nc32)c1. The first-order valence-electron chi connectivity index (χ1n) is 13.0. The van der Waals surface area contributed by atoms with Gasteiger partial charge in [-0.2, -0.15) is 9.37 Å². The molecule has 2 aromatic carbocycles. The van der Waals surface area contributed by atoms with E-state index < -0.39 is 5.95 Å². The van der Waals surface area contributed by atoms with Gasteiger partial charge in [-0.25, -0.2) is 19.7 Å². The van der Waals surface area contributed by atoms with E-state index in [1.54, 1.807) is 47.5 Å². The molecule has 0 aliphatic carbocycles. The Morgan fingerprint density at radius 2 is 1.85 bits per heavy atom. The van der Waals surface area contributed by atoms with Crippen molar-refractivity contribution < 1.29 is 14.0 Å². The minimum absolute atomic E-state index is 0.108. The van der Waals surface area contributed by atoms with Gasteiger partial charge in [0, 0.05) is 48.5 Å². The quantitative estimate of drug-likeness (QED) is 0.231. The predicted molar refractivity (Wildman–Crippen MR) is 157 cm³/mol. The average molecular weight is 553 g/mol. The normalized spacial score (nSPS) is 13.3. The summed E-state index contributed by atoms with van der Waals surface area (Å²) in [6, 6.07) is 19.1. The van der Waals surface area contributed by atoms with Crippen LogP contribution >= 0.6 is 0 Å². The van der Waals surface area contributed by atoms with Crippen LogP contribution in [0.4, 0.5) is 43.7 Å². The molecule has 4 aromatic rings. The third-order valence-corrected chi connectivity index (χ3v) is 6.27. The van der Waals surface area contributed by atoms with E-state index in [0.717, 1.165) is 11.3 Å². The van der Waals surface area contributed by atoms with E-state index in [2.05, 4.69) is 25.6 Å². The highest BCUT2D eigenvalue weighted by Gasteiger charge is 2.32. The summed E-state index contributed by atoms with van der Waals surface area (Å²) < 4.78 is 14.2. The Bertz CT molecular complexity index is 1580. The minimum atomic E-state index is -0.697. The van der Waals surface area contributed by atoms with Crippen LogP contribution in [0.2, 0.25) is 0 Å². The molecule has 0 unspecified atom stereocenters. The van der Waals surface area contributed by atoms with Crippen LogP contribution in [-0.4, -0.2) is 59.0 Å². The molecule has 0 bridgehead atoms. The summed E-state index contributed by atoms with van der Waals surface area (Å²) in [5.74, 6) is -0.524. The van der Waals surface area contributed by atoms with Crippen LogP contribution in [0.5, 0.6) is 0 Å². The van der Waals surface area contributed by atoms with Crippen molar-refractivity contribution in [3.05, 3.63) is 103 Å². The summed E-state index contributed by atoms with van der Waals surface area (Å²) in [6.07, 6.45) is 6.71. The van der Waals surface area contributed by atoms with Crippen molar-refractivity contribution in [1.29, 1.82) is 0 Å². The van der Waals surface area contributed by atoms with E-state index in [-0.39, 0.29) is 23.6 Å². The molecule has 0 spiro atoms. The Kier molecular flexibility index (Phi) is 8.26. The second-order valence-electron chi connectivity index (χ2n) is 9.57. The first-order chi connectivity index (χ1) is 19.9. The number of fused-ring (bicyclic) bond motifs is 1. The Morgan fingerprint density at radius 3 is 2.63 bits per heavy atom. The van der Waals surface area contributed by atoms with Gasteiger partial charge in [0.2, 0.25) is 17.8 Å². The molecular weight excluding hydrogens is 523 g/mol. The molecule has 208 valence electrons. The number of likely N-dealkylation sites (N-methyl/N-ethyl adjacent to an activating group) is 1. The fraction of sp³-hybridized carbons (Fsp3) is 0.167. The number of benzene rings is 2. The van der Waals surface area contributed by atoms with Crippen molar-refractivity contribution in [1.82, 2.24) is 19.9 Å². The number of amides is 3. The standard InChI is InChI=1S/C30H29FN8O2/c1-37(2)17-8-14-26(40)34-22-9-6-12-24(19-22)39-28-21(15-18-38(30(39)41)23-10-4-3-5-11-23)20-33-29(36-28)35-25-13-7-16-32-27(25)31/h3-14,16,19-20H,15,17-18H2,1-2H3,(H,34,40)(H,33,35,36)/b14-8+. The Labute approximate surface area is 237 Å². The molecule has 1 aliphatic heterocycles. The molecular formula is C30H29FN8O2. The van der Waals surface area contributed by atoms with Gasteiger partial charge >= 0.3 is 6.03 Å². The molecule has 41 heavy (non-hydrogen) atoms. The molecule has 0 saturated carbocycles. The topological polar surface area (TPSA) is 107 Å². The van der Waals surface area contributed by atoms with Crippen molar-refractivity contribution in [2.24, 2.45) is 0 Å². The summed E-state index contributed by atoms with van der Waals surface area (Å²) in [6.45, 7) is 1.02. The molecule has 1 aliphatic rings. The molecule has 2 aromatic heterocycles. The lowest BCUT2D eigenvalue weighted by Gasteiger charge is -2.28. The Balaban J connectivity index is 1.53. The Morgan fingerprint density at radius 1 is 1.05 bits per heavy atom. The van der Waals surface area contributed by atoms with E-state index in [4.69, 9.17) is 0 Å². The predicted octanol–water partition coefficient (Wildman–Crippen LogP) is 5.13. The number of hydrogen-bond acceptors (Lipinski definition) is 7. The van der Waals surface area contributed by atoms with Crippen molar-refractivity contribution in [3.8, 4) is 0 Å². The lowest BCUT2D eigenvalue weighted by atomic mass is 10.2. The van der Waals surface area contributed by atoms with E-state index in [0.29, 0.717) is 36.7 Å². The first-order valence-corrected chi connectivity index (χ1v) is 13.0. The fourth-order valence-corrected chi connectivity index (χ4v) is 4.32. The fourth-order valence-electron chi connectivity index (χ4n) is 4.32. The lowest BCUT2D eigenvalue weighted by molar-refractivity contribution is -0.111. The van der Waals surface area contributed by atoms with Gasteiger partial charge in [-0.15, -0.1) is 0 Å². The number of aromatic nitrogens is 3. The molecule has 0 radical (unpaired) electrons. The van der Waals surface area contributed by atoms with Crippen molar-refractivity contribution in [2.75, 3.05) is 47.6 Å². The number of urea groups is 1. The zero-order valence-electron chi connectivity index (χ0n) is 22.7. The zero-order chi connectivity index (χ0) is 28.8. The average Bonchev–Trinajstić information content (AvgIpc) is 3.10. The van der Waals surface area contributed by atoms with E-state index in [1.807, 2.05) is 49.3 Å². The third kappa shape index (κ3) is 6.53. The zero-order valence-corrected chi connectivity index (χ0v) is 22.7. The maximum atomic E-state index is 14.2. The van der Waals surface area contributed by atoms with Gasteiger partial charge in [0.15, 0.2) is 0 Å². The van der Waals surface area contributed by atoms with E-state index >= 15 is 0 Å². The summed E-state index contributed by atoms with van der Waals surface area (Å²) in [7, 11) is 3.83. The maximum absolute atomic E-state index is 14.2. The number of halogens is 1.